The highest BCUT2D eigenvalue weighted by Gasteiger charge is 2.04. The van der Waals surface area contributed by atoms with Crippen molar-refractivity contribution in [2.75, 3.05) is 5.73 Å². The summed E-state index contributed by atoms with van der Waals surface area (Å²) < 4.78 is 1.41. The van der Waals surface area contributed by atoms with Crippen molar-refractivity contribution in [2.45, 2.75) is 6.54 Å². The zero-order chi connectivity index (χ0) is 13.2. The van der Waals surface area contributed by atoms with Gasteiger partial charge in [0.2, 0.25) is 5.95 Å². The monoisotopic (exact) mass is 253 g/mol. The van der Waals surface area contributed by atoms with E-state index >= 15 is 0 Å². The molecule has 0 aliphatic heterocycles. The number of hydrogen-bond donors (Lipinski definition) is 1. The minimum Gasteiger partial charge on any atom is -0.368 e. The second kappa shape index (κ2) is 4.49. The fraction of sp³-hybridized carbons (Fsp3) is 0.0769. The van der Waals surface area contributed by atoms with Crippen molar-refractivity contribution >= 4 is 16.9 Å². The quantitative estimate of drug-likeness (QED) is 0.730. The third-order valence-corrected chi connectivity index (χ3v) is 2.87. The Morgan fingerprint density at radius 3 is 2.84 bits per heavy atom. The largest absolute Gasteiger partial charge is 0.368 e. The van der Waals surface area contributed by atoms with Crippen LogP contribution in [0, 0.1) is 0 Å². The lowest BCUT2D eigenvalue weighted by Gasteiger charge is -2.07. The summed E-state index contributed by atoms with van der Waals surface area (Å²) in [5, 5.41) is 1.01. The fourth-order valence-electron chi connectivity index (χ4n) is 1.95. The van der Waals surface area contributed by atoms with Crippen LogP contribution < -0.4 is 11.4 Å². The van der Waals surface area contributed by atoms with Crippen LogP contribution in [0.1, 0.15) is 5.56 Å². The number of benzene rings is 1. The summed E-state index contributed by atoms with van der Waals surface area (Å²) in [5.74, 6) is -0.0131. The SMILES string of the molecule is Nc1ncn(Cc2ccnc3ccccc23)c(=O)n1. The molecule has 0 saturated heterocycles. The number of nitrogen functional groups attached to an aromatic ring is 1. The maximum Gasteiger partial charge on any atom is 0.352 e. The van der Waals surface area contributed by atoms with Gasteiger partial charge < -0.3 is 5.73 Å². The smallest absolute Gasteiger partial charge is 0.352 e. The lowest BCUT2D eigenvalue weighted by Crippen LogP contribution is -2.25. The van der Waals surface area contributed by atoms with Crippen LogP contribution in [0.15, 0.2) is 47.7 Å². The Hall–Kier alpha value is -2.76. The Bertz CT molecular complexity index is 791. The summed E-state index contributed by atoms with van der Waals surface area (Å²) in [6.07, 6.45) is 3.13. The molecule has 94 valence electrons. The molecule has 6 heteroatoms. The van der Waals surface area contributed by atoms with E-state index in [0.29, 0.717) is 6.54 Å². The van der Waals surface area contributed by atoms with Gasteiger partial charge in [-0.3, -0.25) is 9.55 Å². The Kier molecular flexibility index (Phi) is 2.68. The first-order valence-electron chi connectivity index (χ1n) is 5.75. The molecule has 0 aliphatic rings. The molecule has 0 aliphatic carbocycles. The van der Waals surface area contributed by atoms with Crippen molar-refractivity contribution in [3.05, 3.63) is 58.9 Å². The predicted octanol–water partition coefficient (Wildman–Crippen LogP) is 0.817. The van der Waals surface area contributed by atoms with Gasteiger partial charge in [-0.1, -0.05) is 18.2 Å². The van der Waals surface area contributed by atoms with Gasteiger partial charge in [0.15, 0.2) is 0 Å². The third kappa shape index (κ3) is 2.15. The average molecular weight is 253 g/mol. The van der Waals surface area contributed by atoms with Gasteiger partial charge in [-0.25, -0.2) is 9.78 Å². The minimum atomic E-state index is -0.409. The van der Waals surface area contributed by atoms with E-state index in [1.165, 1.54) is 10.9 Å². The summed E-state index contributed by atoms with van der Waals surface area (Å²) >= 11 is 0. The van der Waals surface area contributed by atoms with Gasteiger partial charge in [0.25, 0.3) is 0 Å². The first-order valence-corrected chi connectivity index (χ1v) is 5.75. The Labute approximate surface area is 108 Å². The van der Waals surface area contributed by atoms with Gasteiger partial charge in [0, 0.05) is 11.6 Å². The van der Waals surface area contributed by atoms with E-state index in [9.17, 15) is 4.79 Å². The van der Waals surface area contributed by atoms with E-state index in [2.05, 4.69) is 15.0 Å². The van der Waals surface area contributed by atoms with Gasteiger partial charge >= 0.3 is 5.69 Å². The lowest BCUT2D eigenvalue weighted by atomic mass is 10.1. The second-order valence-electron chi connectivity index (χ2n) is 4.11. The van der Waals surface area contributed by atoms with E-state index in [0.717, 1.165) is 16.5 Å². The highest BCUT2D eigenvalue weighted by atomic mass is 16.1. The van der Waals surface area contributed by atoms with Crippen LogP contribution in [0.5, 0.6) is 0 Å². The first kappa shape index (κ1) is 11.3. The predicted molar refractivity (Wildman–Crippen MR) is 71.5 cm³/mol. The van der Waals surface area contributed by atoms with Gasteiger partial charge in [-0.2, -0.15) is 4.98 Å². The number of nitrogens with two attached hydrogens (primary N) is 1. The Morgan fingerprint density at radius 1 is 1.16 bits per heavy atom. The number of pyridine rings is 1. The third-order valence-electron chi connectivity index (χ3n) is 2.87. The molecule has 2 aromatic heterocycles. The molecule has 19 heavy (non-hydrogen) atoms. The standard InChI is InChI=1S/C13H11N5O/c14-12-16-8-18(13(19)17-12)7-9-5-6-15-11-4-2-1-3-10(9)11/h1-6,8H,7H2,(H2,14,17,19). The van der Waals surface area contributed by atoms with E-state index in [-0.39, 0.29) is 5.95 Å². The summed E-state index contributed by atoms with van der Waals surface area (Å²) in [5.41, 5.74) is 6.84. The Morgan fingerprint density at radius 2 is 2.00 bits per heavy atom. The average Bonchev–Trinajstić information content (AvgIpc) is 2.42. The van der Waals surface area contributed by atoms with E-state index in [1.54, 1.807) is 6.20 Å². The molecule has 1 aromatic carbocycles. The topological polar surface area (TPSA) is 86.7 Å². The molecule has 0 unspecified atom stereocenters. The van der Waals surface area contributed by atoms with E-state index in [1.807, 2.05) is 30.3 Å². The number of fused-ring (bicyclic) bond motifs is 1. The molecule has 0 amide bonds. The number of aromatic nitrogens is 4. The molecule has 2 N–H and O–H groups in total. The molecule has 0 atom stereocenters. The number of para-hydroxylation sites is 1. The summed E-state index contributed by atoms with van der Waals surface area (Å²) in [6.45, 7) is 0.391. The van der Waals surface area contributed by atoms with Crippen molar-refractivity contribution < 1.29 is 0 Å². The lowest BCUT2D eigenvalue weighted by molar-refractivity contribution is 0.707. The molecule has 0 bridgehead atoms. The zero-order valence-electron chi connectivity index (χ0n) is 10.0. The van der Waals surface area contributed by atoms with E-state index in [4.69, 9.17) is 5.73 Å². The molecule has 0 fully saturated rings. The molecule has 3 aromatic rings. The molecule has 2 heterocycles. The summed E-state index contributed by atoms with van der Waals surface area (Å²) in [6, 6.07) is 9.65. The maximum atomic E-state index is 11.7. The van der Waals surface area contributed by atoms with Crippen LogP contribution in [0.25, 0.3) is 10.9 Å². The van der Waals surface area contributed by atoms with Crippen molar-refractivity contribution in [1.82, 2.24) is 19.5 Å². The van der Waals surface area contributed by atoms with Crippen LogP contribution in [0.2, 0.25) is 0 Å². The van der Waals surface area contributed by atoms with Crippen LogP contribution in [-0.2, 0) is 6.54 Å². The van der Waals surface area contributed by atoms with Gasteiger partial charge in [-0.15, -0.1) is 0 Å². The molecule has 3 rings (SSSR count). The van der Waals surface area contributed by atoms with Crippen molar-refractivity contribution in [3.63, 3.8) is 0 Å². The highest BCUT2D eigenvalue weighted by molar-refractivity contribution is 5.81. The van der Waals surface area contributed by atoms with E-state index < -0.39 is 5.69 Å². The van der Waals surface area contributed by atoms with Crippen LogP contribution in [-0.4, -0.2) is 19.5 Å². The second-order valence-corrected chi connectivity index (χ2v) is 4.11. The fourth-order valence-corrected chi connectivity index (χ4v) is 1.95. The number of hydrogen-bond acceptors (Lipinski definition) is 5. The van der Waals surface area contributed by atoms with Gasteiger partial charge in [0.1, 0.15) is 6.33 Å². The summed E-state index contributed by atoms with van der Waals surface area (Å²) in [7, 11) is 0. The van der Waals surface area contributed by atoms with Crippen LogP contribution in [0.3, 0.4) is 0 Å². The van der Waals surface area contributed by atoms with Crippen molar-refractivity contribution in [3.8, 4) is 0 Å². The zero-order valence-corrected chi connectivity index (χ0v) is 10.0. The summed E-state index contributed by atoms with van der Waals surface area (Å²) in [4.78, 5) is 23.4. The number of nitrogens with zero attached hydrogens (tertiary/aromatic N) is 4. The molecule has 0 saturated carbocycles. The molecular formula is C13H11N5O. The molecular weight excluding hydrogens is 242 g/mol. The van der Waals surface area contributed by atoms with Gasteiger partial charge in [-0.05, 0) is 17.7 Å². The number of rotatable bonds is 2. The van der Waals surface area contributed by atoms with Crippen LogP contribution >= 0.6 is 0 Å². The number of anilines is 1. The maximum absolute atomic E-state index is 11.7. The van der Waals surface area contributed by atoms with Crippen molar-refractivity contribution in [1.29, 1.82) is 0 Å². The Balaban J connectivity index is 2.08. The normalized spacial score (nSPS) is 10.7. The van der Waals surface area contributed by atoms with Crippen LogP contribution in [0.4, 0.5) is 5.95 Å². The molecule has 0 radical (unpaired) electrons. The molecule has 0 spiro atoms. The van der Waals surface area contributed by atoms with Gasteiger partial charge in [0.05, 0.1) is 12.1 Å². The van der Waals surface area contributed by atoms with Crippen molar-refractivity contribution in [2.24, 2.45) is 0 Å². The minimum absolute atomic E-state index is 0.0131. The first-order chi connectivity index (χ1) is 9.24. The molecule has 6 nitrogen and oxygen atoms in total. The highest BCUT2D eigenvalue weighted by Crippen LogP contribution is 2.16.